The van der Waals surface area contributed by atoms with Crippen molar-refractivity contribution in [1.29, 1.82) is 0 Å². The lowest BCUT2D eigenvalue weighted by atomic mass is 10.1. The molecule has 0 spiro atoms. The highest BCUT2D eigenvalue weighted by atomic mass is 32.2. The van der Waals surface area contributed by atoms with Crippen LogP contribution in [0.5, 0.6) is 0 Å². The largest absolute Gasteiger partial charge is 0.266 e. The van der Waals surface area contributed by atoms with Gasteiger partial charge in [-0.2, -0.15) is 9.47 Å². The molecule has 7 nitrogen and oxygen atoms in total. The summed E-state index contributed by atoms with van der Waals surface area (Å²) in [7, 11) is -4.12. The monoisotopic (exact) mass is 403 g/mol. The van der Waals surface area contributed by atoms with Gasteiger partial charge in [-0.15, -0.1) is 0 Å². The van der Waals surface area contributed by atoms with Crippen LogP contribution in [0.25, 0.3) is 10.9 Å². The molecule has 4 rings (SSSR count). The van der Waals surface area contributed by atoms with Gasteiger partial charge in [0.05, 0.1) is 17.8 Å². The lowest BCUT2D eigenvalue weighted by Crippen LogP contribution is -2.14. The number of nitrogens with zero attached hydrogens (tertiary/aromatic N) is 4. The minimum absolute atomic E-state index is 0.0721. The van der Waals surface area contributed by atoms with Gasteiger partial charge >= 0.3 is 0 Å². The first-order valence-electron chi connectivity index (χ1n) is 7.97. The van der Waals surface area contributed by atoms with E-state index in [1.54, 1.807) is 4.68 Å². The summed E-state index contributed by atoms with van der Waals surface area (Å²) in [4.78, 5) is 3.30. The summed E-state index contributed by atoms with van der Waals surface area (Å²) in [6.45, 7) is 1.95. The number of rotatable bonds is 5. The van der Waals surface area contributed by atoms with Crippen LogP contribution in [-0.4, -0.2) is 27.6 Å². The molecule has 10 heteroatoms. The number of benzene rings is 2. The van der Waals surface area contributed by atoms with E-state index in [-0.39, 0.29) is 11.2 Å². The van der Waals surface area contributed by atoms with Gasteiger partial charge in [-0.25, -0.2) is 17.8 Å². The molecular formula is C17H14FN5O2S2. The summed E-state index contributed by atoms with van der Waals surface area (Å²) >= 11 is 0.869. The van der Waals surface area contributed by atoms with E-state index in [0.717, 1.165) is 17.1 Å². The average Bonchev–Trinajstić information content (AvgIpc) is 3.30. The standard InChI is InChI=1S/C17H14FN5O2S2/c1-11(12-5-3-2-4-6-12)23-15-8-14(18)16(7-13(15)9-20-23)27(24,25)22-17-19-10-21-26-17/h2-11H,1H3,(H,19,21,22). The maximum Gasteiger partial charge on any atom is 0.266 e. The molecule has 138 valence electrons. The van der Waals surface area contributed by atoms with Gasteiger partial charge in [-0.3, -0.25) is 9.40 Å². The number of anilines is 1. The van der Waals surface area contributed by atoms with Crippen molar-refractivity contribution in [3.8, 4) is 0 Å². The molecule has 0 aliphatic heterocycles. The fourth-order valence-corrected chi connectivity index (χ4v) is 4.58. The molecule has 0 aliphatic carbocycles. The molecule has 1 atom stereocenters. The van der Waals surface area contributed by atoms with E-state index in [0.29, 0.717) is 10.9 Å². The number of sulfonamides is 1. The van der Waals surface area contributed by atoms with E-state index < -0.39 is 20.7 Å². The summed E-state index contributed by atoms with van der Waals surface area (Å²) < 4.78 is 47.3. The molecule has 0 radical (unpaired) electrons. The Morgan fingerprint density at radius 3 is 2.70 bits per heavy atom. The first-order valence-corrected chi connectivity index (χ1v) is 10.2. The van der Waals surface area contributed by atoms with Gasteiger partial charge in [0.1, 0.15) is 17.0 Å². The number of nitrogens with one attached hydrogen (secondary N) is 1. The first-order chi connectivity index (χ1) is 13.0. The van der Waals surface area contributed by atoms with Crippen molar-refractivity contribution in [2.75, 3.05) is 4.72 Å². The Kier molecular flexibility index (Phi) is 4.36. The van der Waals surface area contributed by atoms with Gasteiger partial charge in [0.15, 0.2) is 0 Å². The minimum Gasteiger partial charge on any atom is -0.258 e. The van der Waals surface area contributed by atoms with Gasteiger partial charge in [-0.05, 0) is 18.6 Å². The van der Waals surface area contributed by atoms with E-state index in [1.165, 1.54) is 24.7 Å². The van der Waals surface area contributed by atoms with Gasteiger partial charge in [0.2, 0.25) is 5.13 Å². The number of halogens is 1. The Bertz CT molecular complexity index is 1190. The molecule has 2 aromatic heterocycles. The molecule has 0 fully saturated rings. The normalized spacial score (nSPS) is 13.0. The van der Waals surface area contributed by atoms with Gasteiger partial charge < -0.3 is 0 Å². The predicted octanol–water partition coefficient (Wildman–Crippen LogP) is 3.44. The van der Waals surface area contributed by atoms with Crippen LogP contribution in [0.3, 0.4) is 0 Å². The van der Waals surface area contributed by atoms with Crippen molar-refractivity contribution in [3.05, 3.63) is 66.4 Å². The molecule has 0 amide bonds. The summed E-state index contributed by atoms with van der Waals surface area (Å²) in [5, 5.41) is 4.92. The van der Waals surface area contributed by atoms with Crippen LogP contribution in [0.15, 0.2) is 59.9 Å². The van der Waals surface area contributed by atoms with Crippen LogP contribution in [-0.2, 0) is 10.0 Å². The second-order valence-corrected chi connectivity index (χ2v) is 8.30. The van der Waals surface area contributed by atoms with Crippen LogP contribution in [0.1, 0.15) is 18.5 Å². The molecule has 1 N–H and O–H groups in total. The van der Waals surface area contributed by atoms with E-state index in [9.17, 15) is 12.8 Å². The molecule has 1 unspecified atom stereocenters. The maximum absolute atomic E-state index is 14.7. The molecule has 27 heavy (non-hydrogen) atoms. The van der Waals surface area contributed by atoms with E-state index in [2.05, 4.69) is 19.2 Å². The Morgan fingerprint density at radius 1 is 1.22 bits per heavy atom. The van der Waals surface area contributed by atoms with Crippen molar-refractivity contribution < 1.29 is 12.8 Å². The van der Waals surface area contributed by atoms with Crippen molar-refractivity contribution in [2.45, 2.75) is 17.9 Å². The fourth-order valence-electron chi connectivity index (χ4n) is 2.82. The Hall–Kier alpha value is -2.85. The third-order valence-electron chi connectivity index (χ3n) is 4.17. The summed E-state index contributed by atoms with van der Waals surface area (Å²) in [6, 6.07) is 12.0. The van der Waals surface area contributed by atoms with Crippen LogP contribution in [0, 0.1) is 5.82 Å². The highest BCUT2D eigenvalue weighted by Crippen LogP contribution is 2.28. The molecule has 0 saturated heterocycles. The molecule has 0 bridgehead atoms. The zero-order valence-corrected chi connectivity index (χ0v) is 15.7. The summed E-state index contributed by atoms with van der Waals surface area (Å²) in [6.07, 6.45) is 2.75. The highest BCUT2D eigenvalue weighted by molar-refractivity contribution is 7.93. The number of hydrogen-bond acceptors (Lipinski definition) is 6. The molecule has 4 aromatic rings. The van der Waals surface area contributed by atoms with Crippen molar-refractivity contribution in [1.82, 2.24) is 19.1 Å². The smallest absolute Gasteiger partial charge is 0.258 e. The zero-order chi connectivity index (χ0) is 19.0. The SMILES string of the molecule is CC(c1ccccc1)n1ncc2cc(S(=O)(=O)Nc3ncns3)c(F)cc21. The summed E-state index contributed by atoms with van der Waals surface area (Å²) in [5.74, 6) is -0.860. The van der Waals surface area contributed by atoms with Gasteiger partial charge in [-0.1, -0.05) is 30.3 Å². The Morgan fingerprint density at radius 2 is 2.00 bits per heavy atom. The van der Waals surface area contributed by atoms with Crippen LogP contribution < -0.4 is 4.72 Å². The summed E-state index contributed by atoms with van der Waals surface area (Å²) in [5.41, 5.74) is 1.52. The lowest BCUT2D eigenvalue weighted by molar-refractivity contribution is 0.565. The van der Waals surface area contributed by atoms with E-state index in [4.69, 9.17) is 0 Å². The van der Waals surface area contributed by atoms with Crippen LogP contribution >= 0.6 is 11.5 Å². The third-order valence-corrected chi connectivity index (χ3v) is 6.23. The molecular weight excluding hydrogens is 389 g/mol. The van der Waals surface area contributed by atoms with Crippen molar-refractivity contribution >= 4 is 37.6 Å². The second-order valence-electron chi connectivity index (χ2n) is 5.87. The quantitative estimate of drug-likeness (QED) is 0.551. The van der Waals surface area contributed by atoms with Gasteiger partial charge in [0, 0.05) is 23.0 Å². The minimum atomic E-state index is -4.12. The Labute approximate surface area is 158 Å². The zero-order valence-electron chi connectivity index (χ0n) is 14.1. The topological polar surface area (TPSA) is 89.8 Å². The van der Waals surface area contributed by atoms with Crippen molar-refractivity contribution in [2.24, 2.45) is 0 Å². The van der Waals surface area contributed by atoms with Crippen LogP contribution in [0.4, 0.5) is 9.52 Å². The first kappa shape index (κ1) is 17.6. The number of aromatic nitrogens is 4. The van der Waals surface area contributed by atoms with E-state index >= 15 is 0 Å². The van der Waals surface area contributed by atoms with E-state index in [1.807, 2.05) is 37.3 Å². The number of hydrogen-bond donors (Lipinski definition) is 1. The lowest BCUT2D eigenvalue weighted by Gasteiger charge is -2.14. The molecule has 2 heterocycles. The molecule has 2 aromatic carbocycles. The third kappa shape index (κ3) is 3.28. The van der Waals surface area contributed by atoms with Gasteiger partial charge in [0.25, 0.3) is 10.0 Å². The Balaban J connectivity index is 1.76. The van der Waals surface area contributed by atoms with Crippen LogP contribution in [0.2, 0.25) is 0 Å². The maximum atomic E-state index is 14.7. The van der Waals surface area contributed by atoms with Crippen molar-refractivity contribution in [3.63, 3.8) is 0 Å². The molecule has 0 saturated carbocycles. The second kappa shape index (κ2) is 6.71. The average molecular weight is 403 g/mol. The highest BCUT2D eigenvalue weighted by Gasteiger charge is 2.23. The fraction of sp³-hybridized carbons (Fsp3) is 0.118. The number of fused-ring (bicyclic) bond motifs is 1. The molecule has 0 aliphatic rings. The predicted molar refractivity (Wildman–Crippen MR) is 101 cm³/mol.